The third-order valence-corrected chi connectivity index (χ3v) is 4.40. The van der Waals surface area contributed by atoms with Gasteiger partial charge in [-0.15, -0.1) is 0 Å². The average molecular weight is 291 g/mol. The van der Waals surface area contributed by atoms with Crippen LogP contribution in [0.3, 0.4) is 0 Å². The molecular weight excluding hydrogens is 266 g/mol. The number of carbonyl (C=O) groups is 1. The summed E-state index contributed by atoms with van der Waals surface area (Å²) in [6, 6.07) is 7.89. The molecule has 0 fully saturated rings. The number of hydrogen-bond donors (Lipinski definition) is 2. The van der Waals surface area contributed by atoms with Gasteiger partial charge < -0.3 is 15.2 Å². The average Bonchev–Trinajstić information content (AvgIpc) is 2.45. The van der Waals surface area contributed by atoms with Crippen LogP contribution in [-0.4, -0.2) is 29.8 Å². The maximum Gasteiger partial charge on any atom is 0.220 e. The Hall–Kier alpha value is -1.55. The maximum atomic E-state index is 12.1. The molecule has 0 spiro atoms. The molecule has 0 saturated carbocycles. The molecule has 0 saturated heterocycles. The quantitative estimate of drug-likeness (QED) is 0.876. The molecule has 2 unspecified atom stereocenters. The van der Waals surface area contributed by atoms with Crippen molar-refractivity contribution in [1.29, 1.82) is 0 Å². The van der Waals surface area contributed by atoms with E-state index in [1.165, 1.54) is 0 Å². The van der Waals surface area contributed by atoms with Crippen LogP contribution >= 0.6 is 0 Å². The third kappa shape index (κ3) is 3.97. The summed E-state index contributed by atoms with van der Waals surface area (Å²) in [7, 11) is 0. The lowest BCUT2D eigenvalue weighted by Crippen LogP contribution is -2.44. The zero-order chi connectivity index (χ0) is 15.5. The standard InChI is InChI=1S/C17H25NO3/c1-12(2)17(3,20)11-18-16(19)10-13-8-9-21-15-7-5-4-6-14(13)15/h4-7,12-13,20H,8-11H2,1-3H3,(H,18,19). The first kappa shape index (κ1) is 15.8. The molecule has 21 heavy (non-hydrogen) atoms. The highest BCUT2D eigenvalue weighted by atomic mass is 16.5. The minimum Gasteiger partial charge on any atom is -0.493 e. The second-order valence-corrected chi connectivity index (χ2v) is 6.36. The van der Waals surface area contributed by atoms with Gasteiger partial charge in [0.25, 0.3) is 0 Å². The minimum atomic E-state index is -0.872. The molecule has 1 heterocycles. The summed E-state index contributed by atoms with van der Waals surface area (Å²) in [5, 5.41) is 13.0. The summed E-state index contributed by atoms with van der Waals surface area (Å²) >= 11 is 0. The smallest absolute Gasteiger partial charge is 0.220 e. The molecule has 1 amide bonds. The third-order valence-electron chi connectivity index (χ3n) is 4.40. The van der Waals surface area contributed by atoms with Gasteiger partial charge in [0.1, 0.15) is 5.75 Å². The highest BCUT2D eigenvalue weighted by Gasteiger charge is 2.27. The topological polar surface area (TPSA) is 58.6 Å². The Morgan fingerprint density at radius 2 is 2.19 bits per heavy atom. The van der Waals surface area contributed by atoms with Crippen LogP contribution in [0.4, 0.5) is 0 Å². The molecule has 4 heteroatoms. The number of hydrogen-bond acceptors (Lipinski definition) is 3. The van der Waals surface area contributed by atoms with Gasteiger partial charge in [-0.05, 0) is 36.8 Å². The number of para-hydroxylation sites is 1. The van der Waals surface area contributed by atoms with Crippen molar-refractivity contribution in [1.82, 2.24) is 5.32 Å². The molecule has 1 aromatic rings. The molecule has 2 rings (SSSR count). The monoisotopic (exact) mass is 291 g/mol. The molecule has 2 atom stereocenters. The van der Waals surface area contributed by atoms with Crippen molar-refractivity contribution in [3.63, 3.8) is 0 Å². The van der Waals surface area contributed by atoms with E-state index in [2.05, 4.69) is 5.32 Å². The summed E-state index contributed by atoms with van der Waals surface area (Å²) < 4.78 is 5.61. The SMILES string of the molecule is CC(C)C(C)(O)CNC(=O)CC1CCOc2ccccc21. The van der Waals surface area contributed by atoms with Gasteiger partial charge in [-0.3, -0.25) is 4.79 Å². The van der Waals surface area contributed by atoms with E-state index in [9.17, 15) is 9.90 Å². The molecule has 116 valence electrons. The van der Waals surface area contributed by atoms with E-state index in [1.807, 2.05) is 38.1 Å². The Morgan fingerprint density at radius 3 is 2.90 bits per heavy atom. The number of benzene rings is 1. The van der Waals surface area contributed by atoms with Crippen LogP contribution in [0.25, 0.3) is 0 Å². The van der Waals surface area contributed by atoms with Crippen molar-refractivity contribution in [3.8, 4) is 5.75 Å². The maximum absolute atomic E-state index is 12.1. The minimum absolute atomic E-state index is 0.0161. The number of carbonyl (C=O) groups excluding carboxylic acids is 1. The number of aliphatic hydroxyl groups is 1. The molecule has 0 aromatic heterocycles. The van der Waals surface area contributed by atoms with E-state index >= 15 is 0 Å². The van der Waals surface area contributed by atoms with Crippen LogP contribution in [0.2, 0.25) is 0 Å². The molecule has 0 bridgehead atoms. The number of rotatable bonds is 5. The van der Waals surface area contributed by atoms with E-state index < -0.39 is 5.60 Å². The van der Waals surface area contributed by atoms with Crippen molar-refractivity contribution >= 4 is 5.91 Å². The predicted molar refractivity (Wildman–Crippen MR) is 82.4 cm³/mol. The second kappa shape index (κ2) is 6.48. The second-order valence-electron chi connectivity index (χ2n) is 6.36. The fraction of sp³-hybridized carbons (Fsp3) is 0.588. The zero-order valence-electron chi connectivity index (χ0n) is 13.1. The predicted octanol–water partition coefficient (Wildman–Crippen LogP) is 2.47. The van der Waals surface area contributed by atoms with Crippen LogP contribution in [0.5, 0.6) is 5.75 Å². The summed E-state index contributed by atoms with van der Waals surface area (Å²) in [6.45, 7) is 6.58. The van der Waals surface area contributed by atoms with Crippen molar-refractivity contribution in [3.05, 3.63) is 29.8 Å². The van der Waals surface area contributed by atoms with Gasteiger partial charge in [0.15, 0.2) is 0 Å². The van der Waals surface area contributed by atoms with Crippen molar-refractivity contribution in [2.75, 3.05) is 13.2 Å². The van der Waals surface area contributed by atoms with Crippen LogP contribution in [0.1, 0.15) is 45.1 Å². The fourth-order valence-corrected chi connectivity index (χ4v) is 2.41. The van der Waals surface area contributed by atoms with Gasteiger partial charge in [-0.2, -0.15) is 0 Å². The van der Waals surface area contributed by atoms with Crippen LogP contribution in [0.15, 0.2) is 24.3 Å². The Kier molecular flexibility index (Phi) is 4.88. The first-order valence-electron chi connectivity index (χ1n) is 7.61. The highest BCUT2D eigenvalue weighted by Crippen LogP contribution is 2.35. The number of nitrogens with one attached hydrogen (secondary N) is 1. The van der Waals surface area contributed by atoms with Gasteiger partial charge >= 0.3 is 0 Å². The molecule has 1 aliphatic rings. The first-order chi connectivity index (χ1) is 9.90. The van der Waals surface area contributed by atoms with Gasteiger partial charge in [-0.25, -0.2) is 0 Å². The first-order valence-corrected chi connectivity index (χ1v) is 7.61. The summed E-state index contributed by atoms with van der Waals surface area (Å²) in [4.78, 5) is 12.1. The number of amides is 1. The Labute approximate surface area is 126 Å². The summed E-state index contributed by atoms with van der Waals surface area (Å²) in [5.74, 6) is 1.16. The fourth-order valence-electron chi connectivity index (χ4n) is 2.41. The summed E-state index contributed by atoms with van der Waals surface area (Å²) in [5.41, 5.74) is 0.234. The molecule has 1 aromatic carbocycles. The Morgan fingerprint density at radius 1 is 1.48 bits per heavy atom. The van der Waals surface area contributed by atoms with Crippen LogP contribution in [0, 0.1) is 5.92 Å². The molecular formula is C17H25NO3. The van der Waals surface area contributed by atoms with Crippen molar-refractivity contribution < 1.29 is 14.6 Å². The molecule has 1 aliphatic heterocycles. The largest absolute Gasteiger partial charge is 0.493 e. The van der Waals surface area contributed by atoms with Gasteiger partial charge in [0.2, 0.25) is 5.91 Å². The van der Waals surface area contributed by atoms with Crippen LogP contribution in [-0.2, 0) is 4.79 Å². The zero-order valence-corrected chi connectivity index (χ0v) is 13.1. The molecule has 2 N–H and O–H groups in total. The van der Waals surface area contributed by atoms with Crippen molar-refractivity contribution in [2.45, 2.75) is 45.1 Å². The van der Waals surface area contributed by atoms with E-state index in [-0.39, 0.29) is 24.3 Å². The van der Waals surface area contributed by atoms with E-state index in [0.717, 1.165) is 17.7 Å². The Balaban J connectivity index is 1.92. The molecule has 4 nitrogen and oxygen atoms in total. The van der Waals surface area contributed by atoms with Gasteiger partial charge in [0.05, 0.1) is 12.2 Å². The van der Waals surface area contributed by atoms with E-state index in [0.29, 0.717) is 13.0 Å². The lowest BCUT2D eigenvalue weighted by molar-refractivity contribution is -0.123. The van der Waals surface area contributed by atoms with E-state index in [4.69, 9.17) is 4.74 Å². The number of ether oxygens (including phenoxy) is 1. The highest BCUT2D eigenvalue weighted by molar-refractivity contribution is 5.77. The van der Waals surface area contributed by atoms with Crippen LogP contribution < -0.4 is 10.1 Å². The molecule has 0 aliphatic carbocycles. The van der Waals surface area contributed by atoms with E-state index in [1.54, 1.807) is 6.92 Å². The molecule has 0 radical (unpaired) electrons. The summed E-state index contributed by atoms with van der Waals surface area (Å²) in [6.07, 6.45) is 1.29. The van der Waals surface area contributed by atoms with Crippen molar-refractivity contribution in [2.24, 2.45) is 5.92 Å². The van der Waals surface area contributed by atoms with Gasteiger partial charge in [-0.1, -0.05) is 32.0 Å². The lowest BCUT2D eigenvalue weighted by atomic mass is 9.89. The Bertz CT molecular complexity index is 497. The number of fused-ring (bicyclic) bond motifs is 1. The van der Waals surface area contributed by atoms with Gasteiger partial charge in [0, 0.05) is 13.0 Å². The normalized spacial score (nSPS) is 20.3. The lowest BCUT2D eigenvalue weighted by Gasteiger charge is -2.29.